The van der Waals surface area contributed by atoms with Crippen LogP contribution in [0.2, 0.25) is 0 Å². The molecule has 1 aliphatic rings. The molecule has 0 bridgehead atoms. The molecule has 0 aliphatic carbocycles. The zero-order valence-corrected chi connectivity index (χ0v) is 10.2. The molecular weight excluding hydrogens is 196 g/mol. The molecule has 1 saturated heterocycles. The van der Waals surface area contributed by atoms with Gasteiger partial charge >= 0.3 is 0 Å². The lowest BCUT2D eigenvalue weighted by Crippen LogP contribution is -2.11. The Hall–Kier alpha value is -0.820. The quantitative estimate of drug-likeness (QED) is 0.730. The number of ether oxygens (including phenoxy) is 1. The molecule has 88 valence electrons. The highest BCUT2D eigenvalue weighted by atomic mass is 16.5. The van der Waals surface area contributed by atoms with Crippen molar-refractivity contribution < 1.29 is 4.74 Å². The van der Waals surface area contributed by atoms with Crippen LogP contribution in [0.3, 0.4) is 0 Å². The standard InChI is InChI=1S/C15H22O/c1-13(12-15-8-5-11-16-15)9-10-14-6-3-2-4-7-14/h2-4,6-7,13,15H,5,8-12H2,1H3. The van der Waals surface area contributed by atoms with Gasteiger partial charge in [0.2, 0.25) is 0 Å². The minimum absolute atomic E-state index is 0.547. The highest BCUT2D eigenvalue weighted by Crippen LogP contribution is 2.22. The molecule has 0 N–H and O–H groups in total. The van der Waals surface area contributed by atoms with E-state index in [1.807, 2.05) is 0 Å². The Morgan fingerprint density at radius 3 is 2.81 bits per heavy atom. The maximum atomic E-state index is 5.68. The molecule has 1 aromatic carbocycles. The Labute approximate surface area is 98.8 Å². The van der Waals surface area contributed by atoms with Crippen LogP contribution in [-0.4, -0.2) is 12.7 Å². The fourth-order valence-corrected chi connectivity index (χ4v) is 2.45. The zero-order chi connectivity index (χ0) is 11.2. The van der Waals surface area contributed by atoms with Gasteiger partial charge in [0.1, 0.15) is 0 Å². The van der Waals surface area contributed by atoms with Crippen molar-refractivity contribution in [2.75, 3.05) is 6.61 Å². The molecule has 1 heterocycles. The van der Waals surface area contributed by atoms with E-state index >= 15 is 0 Å². The van der Waals surface area contributed by atoms with Gasteiger partial charge in [0.05, 0.1) is 6.10 Å². The molecule has 1 nitrogen and oxygen atoms in total. The maximum absolute atomic E-state index is 5.68. The van der Waals surface area contributed by atoms with Crippen LogP contribution in [0, 0.1) is 5.92 Å². The van der Waals surface area contributed by atoms with Crippen LogP contribution >= 0.6 is 0 Å². The van der Waals surface area contributed by atoms with E-state index in [0.29, 0.717) is 6.10 Å². The van der Waals surface area contributed by atoms with Gasteiger partial charge < -0.3 is 4.74 Å². The SMILES string of the molecule is CC(CCc1ccccc1)CC1CCCO1. The Bertz CT molecular complexity index is 288. The minimum atomic E-state index is 0.547. The van der Waals surface area contributed by atoms with Gasteiger partial charge in [-0.3, -0.25) is 0 Å². The highest BCUT2D eigenvalue weighted by molar-refractivity contribution is 5.14. The summed E-state index contributed by atoms with van der Waals surface area (Å²) in [5, 5.41) is 0. The predicted octanol–water partition coefficient (Wildman–Crippen LogP) is 3.82. The van der Waals surface area contributed by atoms with E-state index in [-0.39, 0.29) is 0 Å². The number of aryl methyl sites for hydroxylation is 1. The molecule has 0 saturated carbocycles. The van der Waals surface area contributed by atoms with Gasteiger partial charge in [-0.1, -0.05) is 37.3 Å². The molecule has 1 aliphatic heterocycles. The molecular formula is C15H22O. The van der Waals surface area contributed by atoms with Gasteiger partial charge in [0.25, 0.3) is 0 Å². The zero-order valence-electron chi connectivity index (χ0n) is 10.2. The summed E-state index contributed by atoms with van der Waals surface area (Å²) in [5.74, 6) is 0.781. The molecule has 0 aromatic heterocycles. The molecule has 16 heavy (non-hydrogen) atoms. The van der Waals surface area contributed by atoms with Gasteiger partial charge in [-0.15, -0.1) is 0 Å². The van der Waals surface area contributed by atoms with E-state index in [2.05, 4.69) is 37.3 Å². The van der Waals surface area contributed by atoms with E-state index in [1.54, 1.807) is 0 Å². The van der Waals surface area contributed by atoms with E-state index in [1.165, 1.54) is 37.7 Å². The second-order valence-corrected chi connectivity index (χ2v) is 5.00. The van der Waals surface area contributed by atoms with E-state index < -0.39 is 0 Å². The summed E-state index contributed by atoms with van der Waals surface area (Å²) in [7, 11) is 0. The Kier molecular flexibility index (Phi) is 4.41. The van der Waals surface area contributed by atoms with Crippen molar-refractivity contribution in [1.82, 2.24) is 0 Å². The molecule has 0 radical (unpaired) electrons. The fraction of sp³-hybridized carbons (Fsp3) is 0.600. The van der Waals surface area contributed by atoms with Crippen molar-refractivity contribution in [2.45, 2.75) is 45.1 Å². The van der Waals surface area contributed by atoms with Gasteiger partial charge in [-0.2, -0.15) is 0 Å². The first-order valence-electron chi connectivity index (χ1n) is 6.50. The highest BCUT2D eigenvalue weighted by Gasteiger charge is 2.18. The largest absolute Gasteiger partial charge is 0.378 e. The summed E-state index contributed by atoms with van der Waals surface area (Å²) in [6, 6.07) is 10.8. The molecule has 1 fully saturated rings. The average molecular weight is 218 g/mol. The van der Waals surface area contributed by atoms with Crippen LogP contribution < -0.4 is 0 Å². The molecule has 1 aromatic rings. The lowest BCUT2D eigenvalue weighted by atomic mass is 9.95. The number of benzene rings is 1. The third kappa shape index (κ3) is 3.64. The summed E-state index contributed by atoms with van der Waals surface area (Å²) >= 11 is 0. The van der Waals surface area contributed by atoms with Crippen LogP contribution in [0.4, 0.5) is 0 Å². The van der Waals surface area contributed by atoms with Gasteiger partial charge in [0, 0.05) is 6.61 Å². The number of hydrogen-bond donors (Lipinski definition) is 0. The van der Waals surface area contributed by atoms with Crippen molar-refractivity contribution in [3.63, 3.8) is 0 Å². The van der Waals surface area contributed by atoms with Crippen molar-refractivity contribution in [2.24, 2.45) is 5.92 Å². The Morgan fingerprint density at radius 1 is 1.31 bits per heavy atom. The first-order valence-corrected chi connectivity index (χ1v) is 6.50. The van der Waals surface area contributed by atoms with Crippen LogP contribution in [0.5, 0.6) is 0 Å². The van der Waals surface area contributed by atoms with Crippen molar-refractivity contribution in [3.05, 3.63) is 35.9 Å². The van der Waals surface area contributed by atoms with E-state index in [4.69, 9.17) is 4.74 Å². The first-order chi connectivity index (χ1) is 7.84. The van der Waals surface area contributed by atoms with Gasteiger partial charge in [-0.05, 0) is 43.6 Å². The summed E-state index contributed by atoms with van der Waals surface area (Å²) in [6.07, 6.45) is 6.81. The van der Waals surface area contributed by atoms with Crippen LogP contribution in [0.25, 0.3) is 0 Å². The predicted molar refractivity (Wildman–Crippen MR) is 67.5 cm³/mol. The summed E-state index contributed by atoms with van der Waals surface area (Å²) in [4.78, 5) is 0. The second kappa shape index (κ2) is 6.05. The van der Waals surface area contributed by atoms with E-state index in [0.717, 1.165) is 12.5 Å². The number of hydrogen-bond acceptors (Lipinski definition) is 1. The third-order valence-electron chi connectivity index (χ3n) is 3.46. The molecule has 2 unspecified atom stereocenters. The van der Waals surface area contributed by atoms with Crippen LogP contribution in [0.1, 0.15) is 38.2 Å². The summed E-state index contributed by atoms with van der Waals surface area (Å²) < 4.78 is 5.68. The summed E-state index contributed by atoms with van der Waals surface area (Å²) in [5.41, 5.74) is 1.46. The molecule has 0 amide bonds. The molecule has 2 rings (SSSR count). The smallest absolute Gasteiger partial charge is 0.0578 e. The average Bonchev–Trinajstić information content (AvgIpc) is 2.81. The first kappa shape index (κ1) is 11.7. The molecule has 2 atom stereocenters. The maximum Gasteiger partial charge on any atom is 0.0578 e. The van der Waals surface area contributed by atoms with Crippen molar-refractivity contribution >= 4 is 0 Å². The monoisotopic (exact) mass is 218 g/mol. The lowest BCUT2D eigenvalue weighted by molar-refractivity contribution is 0.0907. The Balaban J connectivity index is 1.69. The third-order valence-corrected chi connectivity index (χ3v) is 3.46. The second-order valence-electron chi connectivity index (χ2n) is 5.00. The topological polar surface area (TPSA) is 9.23 Å². The Morgan fingerprint density at radius 2 is 2.12 bits per heavy atom. The summed E-state index contributed by atoms with van der Waals surface area (Å²) in [6.45, 7) is 3.33. The minimum Gasteiger partial charge on any atom is -0.378 e. The molecule has 0 spiro atoms. The fourth-order valence-electron chi connectivity index (χ4n) is 2.45. The van der Waals surface area contributed by atoms with Crippen molar-refractivity contribution in [3.8, 4) is 0 Å². The van der Waals surface area contributed by atoms with E-state index in [9.17, 15) is 0 Å². The van der Waals surface area contributed by atoms with Crippen molar-refractivity contribution in [1.29, 1.82) is 0 Å². The van der Waals surface area contributed by atoms with Crippen LogP contribution in [0.15, 0.2) is 30.3 Å². The normalized spacial score (nSPS) is 22.2. The molecule has 1 heteroatoms. The number of rotatable bonds is 5. The van der Waals surface area contributed by atoms with Gasteiger partial charge in [0.15, 0.2) is 0 Å². The lowest BCUT2D eigenvalue weighted by Gasteiger charge is -2.15. The van der Waals surface area contributed by atoms with Gasteiger partial charge in [-0.25, -0.2) is 0 Å². The van der Waals surface area contributed by atoms with Crippen LogP contribution in [-0.2, 0) is 11.2 Å².